The Kier molecular flexibility index (Phi) is 5.49. The quantitative estimate of drug-likeness (QED) is 0.573. The molecule has 0 aliphatic heterocycles. The van der Waals surface area contributed by atoms with Gasteiger partial charge >= 0.3 is 0 Å². The lowest BCUT2D eigenvalue weighted by Crippen LogP contribution is -1.87. The molecule has 0 radical (unpaired) electrons. The molecule has 0 unspecified atom stereocenters. The summed E-state index contributed by atoms with van der Waals surface area (Å²) in [5.74, 6) is 0. The van der Waals surface area contributed by atoms with Crippen LogP contribution in [0.3, 0.4) is 0 Å². The van der Waals surface area contributed by atoms with Crippen LogP contribution in [0.1, 0.15) is 25.7 Å². The van der Waals surface area contributed by atoms with Gasteiger partial charge in [-0.05, 0) is 25.7 Å². The van der Waals surface area contributed by atoms with Gasteiger partial charge in [0.2, 0.25) is 0 Å². The van der Waals surface area contributed by atoms with Gasteiger partial charge in [-0.1, -0.05) is 60.8 Å². The summed E-state index contributed by atoms with van der Waals surface area (Å²) in [6.45, 7) is 3.60. The van der Waals surface area contributed by atoms with Gasteiger partial charge in [-0.15, -0.1) is 0 Å². The Morgan fingerprint density at radius 3 is 2.50 bits per heavy atom. The number of allylic oxidation sites excluding steroid dienone is 9. The van der Waals surface area contributed by atoms with E-state index in [1.54, 1.807) is 6.08 Å². The zero-order valence-corrected chi connectivity index (χ0v) is 8.65. The molecule has 0 aromatic carbocycles. The fraction of sp³-hybridized carbons (Fsp3) is 0.286. The topological polar surface area (TPSA) is 0 Å². The van der Waals surface area contributed by atoms with Crippen LogP contribution in [-0.4, -0.2) is 0 Å². The second kappa shape index (κ2) is 7.14. The average molecular weight is 186 g/mol. The van der Waals surface area contributed by atoms with E-state index >= 15 is 0 Å². The first kappa shape index (κ1) is 10.8. The fourth-order valence-corrected chi connectivity index (χ4v) is 1.46. The molecule has 0 aromatic heterocycles. The smallest absolute Gasteiger partial charge is 0.0282 e. The molecule has 0 nitrogen and oxygen atoms in total. The minimum Gasteiger partial charge on any atom is -0.0991 e. The SMILES string of the molecule is C=CC=CC=CC=CC1=CCCCC1. The first-order valence-corrected chi connectivity index (χ1v) is 5.25. The monoisotopic (exact) mass is 186 g/mol. The molecule has 1 rings (SSSR count). The molecule has 0 heteroatoms. The Hall–Kier alpha value is -1.30. The molecule has 0 atom stereocenters. The first-order valence-electron chi connectivity index (χ1n) is 5.25. The van der Waals surface area contributed by atoms with Gasteiger partial charge in [0, 0.05) is 0 Å². The van der Waals surface area contributed by atoms with Gasteiger partial charge in [-0.25, -0.2) is 0 Å². The molecule has 0 saturated carbocycles. The molecule has 0 spiro atoms. The van der Waals surface area contributed by atoms with E-state index in [4.69, 9.17) is 0 Å². The fourth-order valence-electron chi connectivity index (χ4n) is 1.46. The van der Waals surface area contributed by atoms with Crippen molar-refractivity contribution in [2.45, 2.75) is 25.7 Å². The molecule has 0 N–H and O–H groups in total. The van der Waals surface area contributed by atoms with Crippen molar-refractivity contribution in [1.29, 1.82) is 0 Å². The van der Waals surface area contributed by atoms with E-state index in [1.807, 2.05) is 18.2 Å². The minimum atomic E-state index is 1.24. The number of hydrogen-bond acceptors (Lipinski definition) is 0. The minimum absolute atomic E-state index is 1.24. The summed E-state index contributed by atoms with van der Waals surface area (Å²) >= 11 is 0. The third-order valence-corrected chi connectivity index (χ3v) is 2.22. The maximum Gasteiger partial charge on any atom is -0.0282 e. The molecule has 0 heterocycles. The second-order valence-corrected chi connectivity index (χ2v) is 3.39. The molecular formula is C14H18. The zero-order valence-electron chi connectivity index (χ0n) is 8.65. The molecule has 1 aliphatic carbocycles. The van der Waals surface area contributed by atoms with Gasteiger partial charge in [-0.3, -0.25) is 0 Å². The summed E-state index contributed by atoms with van der Waals surface area (Å²) in [5.41, 5.74) is 1.48. The maximum atomic E-state index is 3.60. The first-order chi connectivity index (χ1) is 6.93. The normalized spacial score (nSPS) is 18.1. The lowest BCUT2D eigenvalue weighted by molar-refractivity contribution is 0.712. The highest BCUT2D eigenvalue weighted by Crippen LogP contribution is 2.17. The van der Waals surface area contributed by atoms with Crippen LogP contribution < -0.4 is 0 Å². The van der Waals surface area contributed by atoms with E-state index < -0.39 is 0 Å². The van der Waals surface area contributed by atoms with Crippen LogP contribution in [0.2, 0.25) is 0 Å². The summed E-state index contributed by atoms with van der Waals surface area (Å²) < 4.78 is 0. The average Bonchev–Trinajstić information content (AvgIpc) is 2.25. The predicted octanol–water partition coefficient (Wildman–Crippen LogP) is 4.34. The highest BCUT2D eigenvalue weighted by molar-refractivity contribution is 5.24. The molecule has 0 saturated heterocycles. The molecule has 0 amide bonds. The van der Waals surface area contributed by atoms with Crippen LogP contribution in [0.15, 0.2) is 60.8 Å². The molecular weight excluding hydrogens is 168 g/mol. The Morgan fingerprint density at radius 1 is 1.00 bits per heavy atom. The van der Waals surface area contributed by atoms with Crippen molar-refractivity contribution in [3.63, 3.8) is 0 Å². The lowest BCUT2D eigenvalue weighted by Gasteiger charge is -2.07. The van der Waals surface area contributed by atoms with E-state index in [0.717, 1.165) is 0 Å². The Balaban J connectivity index is 2.32. The van der Waals surface area contributed by atoms with Gasteiger partial charge in [0.25, 0.3) is 0 Å². The van der Waals surface area contributed by atoms with E-state index in [1.165, 1.54) is 31.3 Å². The van der Waals surface area contributed by atoms with Crippen LogP contribution in [0, 0.1) is 0 Å². The Morgan fingerprint density at radius 2 is 1.79 bits per heavy atom. The number of hydrogen-bond donors (Lipinski definition) is 0. The van der Waals surface area contributed by atoms with Crippen molar-refractivity contribution < 1.29 is 0 Å². The Bertz CT molecular complexity index is 274. The molecule has 1 aliphatic rings. The summed E-state index contributed by atoms with van der Waals surface area (Å²) in [7, 11) is 0. The van der Waals surface area contributed by atoms with E-state index in [-0.39, 0.29) is 0 Å². The second-order valence-electron chi connectivity index (χ2n) is 3.39. The third kappa shape index (κ3) is 4.66. The largest absolute Gasteiger partial charge is 0.0991 e. The summed E-state index contributed by atoms with van der Waals surface area (Å²) in [6, 6.07) is 0. The van der Waals surface area contributed by atoms with Crippen LogP contribution >= 0.6 is 0 Å². The predicted molar refractivity (Wildman–Crippen MR) is 64.2 cm³/mol. The van der Waals surface area contributed by atoms with Crippen molar-refractivity contribution in [2.75, 3.05) is 0 Å². The van der Waals surface area contributed by atoms with Gasteiger partial charge in [0.1, 0.15) is 0 Å². The van der Waals surface area contributed by atoms with E-state index in [9.17, 15) is 0 Å². The van der Waals surface area contributed by atoms with Gasteiger partial charge in [-0.2, -0.15) is 0 Å². The highest BCUT2D eigenvalue weighted by Gasteiger charge is 1.98. The van der Waals surface area contributed by atoms with Crippen molar-refractivity contribution in [3.05, 3.63) is 60.8 Å². The third-order valence-electron chi connectivity index (χ3n) is 2.22. The molecule has 14 heavy (non-hydrogen) atoms. The van der Waals surface area contributed by atoms with Crippen molar-refractivity contribution >= 4 is 0 Å². The summed E-state index contributed by atoms with van der Waals surface area (Å²) in [5, 5.41) is 0. The van der Waals surface area contributed by atoms with Crippen molar-refractivity contribution in [1.82, 2.24) is 0 Å². The highest BCUT2D eigenvalue weighted by atomic mass is 14.0. The van der Waals surface area contributed by atoms with E-state index in [0.29, 0.717) is 0 Å². The zero-order chi connectivity index (χ0) is 10.1. The molecule has 0 bridgehead atoms. The molecule has 0 fully saturated rings. The maximum absolute atomic E-state index is 3.60. The standard InChI is InChI=1S/C14H18/c1-2-3-4-5-6-8-11-14-12-9-7-10-13-14/h2-6,8,11-12H,1,7,9-10,13H2. The van der Waals surface area contributed by atoms with Gasteiger partial charge in [0.15, 0.2) is 0 Å². The van der Waals surface area contributed by atoms with Crippen molar-refractivity contribution in [2.24, 2.45) is 0 Å². The summed E-state index contributed by atoms with van der Waals surface area (Å²) in [4.78, 5) is 0. The van der Waals surface area contributed by atoms with Crippen LogP contribution in [0.5, 0.6) is 0 Å². The van der Waals surface area contributed by atoms with Gasteiger partial charge in [0.05, 0.1) is 0 Å². The lowest BCUT2D eigenvalue weighted by atomic mass is 9.99. The van der Waals surface area contributed by atoms with Crippen molar-refractivity contribution in [3.8, 4) is 0 Å². The van der Waals surface area contributed by atoms with Crippen LogP contribution in [0.25, 0.3) is 0 Å². The van der Waals surface area contributed by atoms with E-state index in [2.05, 4.69) is 30.9 Å². The molecule has 0 aromatic rings. The van der Waals surface area contributed by atoms with Gasteiger partial charge < -0.3 is 0 Å². The van der Waals surface area contributed by atoms with Crippen LogP contribution in [0.4, 0.5) is 0 Å². The van der Waals surface area contributed by atoms with Crippen LogP contribution in [-0.2, 0) is 0 Å². The number of rotatable bonds is 4. The molecule has 74 valence electrons. The summed E-state index contributed by atoms with van der Waals surface area (Å²) in [6.07, 6.45) is 21.6. The Labute approximate surface area is 87.0 Å².